The van der Waals surface area contributed by atoms with Crippen LogP contribution in [0.2, 0.25) is 5.15 Å². The summed E-state index contributed by atoms with van der Waals surface area (Å²) in [4.78, 5) is 10.8. The van der Waals surface area contributed by atoms with E-state index in [9.17, 15) is 4.79 Å². The number of carbonyl (C=O) groups excluding carboxylic acids is 1. The van der Waals surface area contributed by atoms with E-state index in [1.54, 1.807) is 19.1 Å². The van der Waals surface area contributed by atoms with Crippen molar-refractivity contribution in [3.05, 3.63) is 23.0 Å². The van der Waals surface area contributed by atoms with Crippen molar-refractivity contribution >= 4 is 17.6 Å². The van der Waals surface area contributed by atoms with Crippen LogP contribution in [0.4, 0.5) is 0 Å². The molecule has 0 aliphatic heterocycles. The highest BCUT2D eigenvalue weighted by atomic mass is 35.5. The molecule has 0 aliphatic carbocycles. The van der Waals surface area contributed by atoms with E-state index in [2.05, 4.69) is 26.8 Å². The van der Waals surface area contributed by atoms with Gasteiger partial charge >= 0.3 is 5.97 Å². The van der Waals surface area contributed by atoms with Crippen LogP contribution in [-0.4, -0.2) is 22.8 Å². The van der Waals surface area contributed by atoms with E-state index in [0.29, 0.717) is 12.3 Å². The highest BCUT2D eigenvalue weighted by Gasteiger charge is 1.94. The fourth-order valence-corrected chi connectivity index (χ4v) is 0.766. The van der Waals surface area contributed by atoms with Crippen molar-refractivity contribution in [3.8, 4) is 11.8 Å². The van der Waals surface area contributed by atoms with Gasteiger partial charge in [0.1, 0.15) is 5.69 Å². The van der Waals surface area contributed by atoms with Crippen molar-refractivity contribution in [2.75, 3.05) is 6.61 Å². The van der Waals surface area contributed by atoms with Gasteiger partial charge < -0.3 is 4.74 Å². The van der Waals surface area contributed by atoms with Crippen molar-refractivity contribution in [2.45, 2.75) is 6.92 Å². The molecule has 0 radical (unpaired) electrons. The molecule has 1 heterocycles. The van der Waals surface area contributed by atoms with Crippen molar-refractivity contribution in [1.29, 1.82) is 0 Å². The summed E-state index contributed by atoms with van der Waals surface area (Å²) >= 11 is 5.51. The molecule has 0 fully saturated rings. The van der Waals surface area contributed by atoms with Gasteiger partial charge in [0, 0.05) is 5.92 Å². The summed E-state index contributed by atoms with van der Waals surface area (Å²) in [7, 11) is 0. The molecule has 0 unspecified atom stereocenters. The van der Waals surface area contributed by atoms with E-state index < -0.39 is 5.97 Å². The third-order valence-corrected chi connectivity index (χ3v) is 1.40. The van der Waals surface area contributed by atoms with Gasteiger partial charge in [-0.05, 0) is 25.0 Å². The Balaban J connectivity index is 2.68. The maximum Gasteiger partial charge on any atom is 0.384 e. The van der Waals surface area contributed by atoms with E-state index in [1.807, 2.05) is 0 Å². The van der Waals surface area contributed by atoms with Gasteiger partial charge in [-0.1, -0.05) is 11.6 Å². The molecule has 5 heteroatoms. The summed E-state index contributed by atoms with van der Waals surface area (Å²) in [5, 5.41) is 7.49. The zero-order chi connectivity index (χ0) is 10.4. The third kappa shape index (κ3) is 3.42. The molecule has 1 aromatic rings. The van der Waals surface area contributed by atoms with Crippen LogP contribution in [0.15, 0.2) is 12.1 Å². The van der Waals surface area contributed by atoms with Gasteiger partial charge in [0.25, 0.3) is 0 Å². The monoisotopic (exact) mass is 210 g/mol. The van der Waals surface area contributed by atoms with Crippen molar-refractivity contribution in [2.24, 2.45) is 0 Å². The first-order valence-electron chi connectivity index (χ1n) is 3.90. The second-order valence-electron chi connectivity index (χ2n) is 2.21. The number of esters is 1. The fourth-order valence-electron chi connectivity index (χ4n) is 0.665. The number of hydrogen-bond donors (Lipinski definition) is 0. The van der Waals surface area contributed by atoms with E-state index in [1.165, 1.54) is 0 Å². The molecule has 0 atom stereocenters. The van der Waals surface area contributed by atoms with Crippen molar-refractivity contribution < 1.29 is 9.53 Å². The van der Waals surface area contributed by atoms with Crippen LogP contribution in [-0.2, 0) is 9.53 Å². The quantitative estimate of drug-likeness (QED) is 0.514. The number of ether oxygens (including phenoxy) is 1. The second-order valence-corrected chi connectivity index (χ2v) is 2.60. The Morgan fingerprint density at radius 2 is 2.36 bits per heavy atom. The van der Waals surface area contributed by atoms with Crippen molar-refractivity contribution in [1.82, 2.24) is 10.2 Å². The Hall–Kier alpha value is -1.60. The van der Waals surface area contributed by atoms with E-state index in [4.69, 9.17) is 11.6 Å². The molecule has 0 saturated carbocycles. The van der Waals surface area contributed by atoms with Gasteiger partial charge in [-0.15, -0.1) is 10.2 Å². The molecule has 0 spiro atoms. The largest absolute Gasteiger partial charge is 0.456 e. The summed E-state index contributed by atoms with van der Waals surface area (Å²) in [6.07, 6.45) is 0. The van der Waals surface area contributed by atoms with Crippen LogP contribution in [0, 0.1) is 11.8 Å². The highest BCUT2D eigenvalue weighted by molar-refractivity contribution is 6.29. The lowest BCUT2D eigenvalue weighted by Gasteiger charge is -1.91. The van der Waals surface area contributed by atoms with Crippen LogP contribution in [0.25, 0.3) is 0 Å². The normalized spacial score (nSPS) is 8.71. The number of aromatic nitrogens is 2. The van der Waals surface area contributed by atoms with E-state index in [-0.39, 0.29) is 5.15 Å². The van der Waals surface area contributed by atoms with Gasteiger partial charge in [0.2, 0.25) is 0 Å². The molecule has 4 nitrogen and oxygen atoms in total. The van der Waals surface area contributed by atoms with Gasteiger partial charge in [0.05, 0.1) is 6.61 Å². The molecule has 1 aromatic heterocycles. The SMILES string of the molecule is CCOC(=O)C#Cc1ccc(Cl)nn1. The molecule has 0 aliphatic rings. The Bertz CT molecular complexity index is 378. The minimum atomic E-state index is -0.579. The number of halogens is 1. The first-order chi connectivity index (χ1) is 6.72. The van der Waals surface area contributed by atoms with Crippen molar-refractivity contribution in [3.63, 3.8) is 0 Å². The molecule has 1 rings (SSSR count). The summed E-state index contributed by atoms with van der Waals surface area (Å²) in [5.41, 5.74) is 0.377. The van der Waals surface area contributed by atoms with Crippen LogP contribution >= 0.6 is 11.6 Å². The maximum absolute atomic E-state index is 10.8. The first kappa shape index (κ1) is 10.5. The smallest absolute Gasteiger partial charge is 0.384 e. The molecule has 72 valence electrons. The average molecular weight is 211 g/mol. The maximum atomic E-state index is 10.8. The lowest BCUT2D eigenvalue weighted by atomic mass is 10.4. The number of carbonyl (C=O) groups is 1. The molecular formula is C9H7ClN2O2. The Morgan fingerprint density at radius 1 is 1.57 bits per heavy atom. The predicted molar refractivity (Wildman–Crippen MR) is 50.6 cm³/mol. The molecule has 0 amide bonds. The summed E-state index contributed by atoms with van der Waals surface area (Å²) in [5.74, 6) is 4.18. The zero-order valence-electron chi connectivity index (χ0n) is 7.45. The lowest BCUT2D eigenvalue weighted by Crippen LogP contribution is -1.99. The summed E-state index contributed by atoms with van der Waals surface area (Å²) < 4.78 is 4.60. The van der Waals surface area contributed by atoms with Gasteiger partial charge in [-0.25, -0.2) is 4.79 Å². The molecular weight excluding hydrogens is 204 g/mol. The number of rotatable bonds is 1. The van der Waals surface area contributed by atoms with E-state index in [0.717, 1.165) is 0 Å². The number of nitrogens with zero attached hydrogens (tertiary/aromatic N) is 2. The third-order valence-electron chi connectivity index (χ3n) is 1.20. The number of hydrogen-bond acceptors (Lipinski definition) is 4. The predicted octanol–water partition coefficient (Wildman–Crippen LogP) is 1.04. The standard InChI is InChI=1S/C9H7ClN2O2/c1-2-14-9(13)6-4-7-3-5-8(10)12-11-7/h3,5H,2H2,1H3. The summed E-state index contributed by atoms with van der Waals surface area (Å²) in [6, 6.07) is 3.12. The first-order valence-corrected chi connectivity index (χ1v) is 4.28. The van der Waals surface area contributed by atoms with Crippen LogP contribution in [0.5, 0.6) is 0 Å². The highest BCUT2D eigenvalue weighted by Crippen LogP contribution is 2.00. The van der Waals surface area contributed by atoms with Crippen LogP contribution in [0.3, 0.4) is 0 Å². The Labute approximate surface area is 86.2 Å². The second kappa shape index (κ2) is 5.20. The minimum Gasteiger partial charge on any atom is -0.456 e. The van der Waals surface area contributed by atoms with Gasteiger partial charge in [0.15, 0.2) is 5.15 Å². The Morgan fingerprint density at radius 3 is 2.93 bits per heavy atom. The average Bonchev–Trinajstić information content (AvgIpc) is 2.17. The fraction of sp³-hybridized carbons (Fsp3) is 0.222. The molecule has 0 N–H and O–H groups in total. The Kier molecular flexibility index (Phi) is 3.89. The van der Waals surface area contributed by atoms with Crippen LogP contribution < -0.4 is 0 Å². The van der Waals surface area contributed by atoms with Gasteiger partial charge in [-0.2, -0.15) is 0 Å². The minimum absolute atomic E-state index is 0.284. The van der Waals surface area contributed by atoms with Crippen LogP contribution in [0.1, 0.15) is 12.6 Å². The molecule has 0 saturated heterocycles. The van der Waals surface area contributed by atoms with Gasteiger partial charge in [-0.3, -0.25) is 0 Å². The lowest BCUT2D eigenvalue weighted by molar-refractivity contribution is -0.136. The van der Waals surface area contributed by atoms with E-state index >= 15 is 0 Å². The molecule has 14 heavy (non-hydrogen) atoms. The molecule has 0 bridgehead atoms. The zero-order valence-corrected chi connectivity index (χ0v) is 8.21. The molecule has 0 aromatic carbocycles. The summed E-state index contributed by atoms with van der Waals surface area (Å²) in [6.45, 7) is 2.02. The topological polar surface area (TPSA) is 52.1 Å².